The average molecular weight is 861 g/mol. The third kappa shape index (κ3) is 6.47. The Morgan fingerprint density at radius 1 is 0.983 bits per heavy atom. The van der Waals surface area contributed by atoms with E-state index >= 15 is 8.78 Å². The first-order valence-electron chi connectivity index (χ1n) is 18.9. The smallest absolute Gasteiger partial charge is 0.435 e. The molecule has 4 aliphatic rings. The number of nitrogens with zero attached hydrogens (tertiary/aromatic N) is 5. The van der Waals surface area contributed by atoms with Gasteiger partial charge in [0, 0.05) is 36.1 Å². The zero-order chi connectivity index (χ0) is 43.2. The number of benzene rings is 2. The molecule has 4 atom stereocenters. The summed E-state index contributed by atoms with van der Waals surface area (Å²) in [6, 6.07) is 2.78. The molecular formula is C39H35F11N6O4. The van der Waals surface area contributed by atoms with Crippen LogP contribution in [0.3, 0.4) is 0 Å². The fraction of sp³-hybridized carbons (Fsp3) is 0.513. The monoisotopic (exact) mass is 860 g/mol. The Hall–Kier alpha value is -4.94. The highest BCUT2D eigenvalue weighted by molar-refractivity contribution is 6.04. The van der Waals surface area contributed by atoms with E-state index < -0.39 is 59.6 Å². The van der Waals surface area contributed by atoms with Gasteiger partial charge in [-0.2, -0.15) is 49.5 Å². The molecule has 60 heavy (non-hydrogen) atoms. The summed E-state index contributed by atoms with van der Waals surface area (Å²) in [7, 11) is 0. The van der Waals surface area contributed by atoms with Gasteiger partial charge < -0.3 is 29.5 Å². The first-order valence-corrected chi connectivity index (χ1v) is 18.9. The van der Waals surface area contributed by atoms with E-state index in [1.165, 1.54) is 23.1 Å². The lowest BCUT2D eigenvalue weighted by Crippen LogP contribution is -2.68. The fourth-order valence-corrected chi connectivity index (χ4v) is 9.29. The van der Waals surface area contributed by atoms with Crippen molar-refractivity contribution in [3.63, 3.8) is 0 Å². The number of halogens is 11. The van der Waals surface area contributed by atoms with Crippen molar-refractivity contribution in [3.05, 3.63) is 41.5 Å². The van der Waals surface area contributed by atoms with Gasteiger partial charge in [-0.05, 0) is 62.2 Å². The standard InChI is InChI=1S/C39H35F11N6O4/c1-3-22-24(40)7-6-19-14-21(57)15-23(27(19)22)30-29(41)31-28-32(55-13-11-51-25(4-2)26(55)17-58-33(28)52-30)54-34(53-31)59-18-35-9-5-12-56(35)20(8-10-35)16-60-36(37(42,43)44,38(45,46)47)39(48,49)50/h1,6-7,14-15,20,25-26,51,57H,4-5,8-13,16-18H2,2H3/t20-,25-,26+,35-/m0/s1. The van der Waals surface area contributed by atoms with Crippen LogP contribution in [0.1, 0.15) is 44.6 Å². The third-order valence-corrected chi connectivity index (χ3v) is 12.1. The minimum absolute atomic E-state index is 0.0517. The molecule has 0 spiro atoms. The maximum absolute atomic E-state index is 17.2. The van der Waals surface area contributed by atoms with Gasteiger partial charge in [-0.1, -0.05) is 18.9 Å². The van der Waals surface area contributed by atoms with Crippen LogP contribution in [0.25, 0.3) is 32.9 Å². The molecule has 6 heterocycles. The van der Waals surface area contributed by atoms with E-state index in [-0.39, 0.29) is 101 Å². The molecule has 3 fully saturated rings. The van der Waals surface area contributed by atoms with Crippen LogP contribution in [-0.2, 0) is 4.74 Å². The number of fused-ring (bicyclic) bond motifs is 4. The molecule has 322 valence electrons. The molecule has 0 aliphatic carbocycles. The van der Waals surface area contributed by atoms with E-state index in [2.05, 4.69) is 30.9 Å². The van der Waals surface area contributed by atoms with Crippen molar-refractivity contribution in [3.8, 4) is 41.2 Å². The fourth-order valence-electron chi connectivity index (χ4n) is 9.29. The quantitative estimate of drug-likeness (QED) is 0.136. The number of alkyl halides is 9. The second kappa shape index (κ2) is 14.6. The predicted octanol–water partition coefficient (Wildman–Crippen LogP) is 7.58. The SMILES string of the molecule is C#Cc1c(F)ccc2cc(O)cc(-c3nc4c5c(nc(OC[C@@]67CCCN6[C@H](COC(C(F)(F)F)(C(F)(F)F)C(F)(F)F)CC7)nc5c3F)N3CCN[C@@H](CC)[C@H]3CO4)c12. The normalized spacial score (nSPS) is 23.6. The van der Waals surface area contributed by atoms with Crippen molar-refractivity contribution in [2.24, 2.45) is 0 Å². The van der Waals surface area contributed by atoms with Gasteiger partial charge in [0.25, 0.3) is 0 Å². The number of phenols is 1. The van der Waals surface area contributed by atoms with Crippen molar-refractivity contribution in [1.29, 1.82) is 0 Å². The molecule has 4 aliphatic heterocycles. The van der Waals surface area contributed by atoms with E-state index in [0.717, 1.165) is 6.07 Å². The minimum atomic E-state index is -6.87. The Bertz CT molecular complexity index is 2350. The second-order valence-corrected chi connectivity index (χ2v) is 15.3. The molecule has 2 aromatic carbocycles. The van der Waals surface area contributed by atoms with Gasteiger partial charge in [-0.25, -0.2) is 13.8 Å². The Balaban J connectivity index is 1.19. The lowest BCUT2D eigenvalue weighted by atomic mass is 9.95. The van der Waals surface area contributed by atoms with E-state index in [9.17, 15) is 44.6 Å². The molecule has 0 bridgehead atoms. The third-order valence-electron chi connectivity index (χ3n) is 12.1. The molecular weight excluding hydrogens is 825 g/mol. The number of ether oxygens (including phenoxy) is 3. The summed E-state index contributed by atoms with van der Waals surface area (Å²) in [6.07, 6.45) is -13.6. The van der Waals surface area contributed by atoms with Crippen molar-refractivity contribution in [2.75, 3.05) is 44.4 Å². The lowest BCUT2D eigenvalue weighted by molar-refractivity contribution is -0.458. The van der Waals surface area contributed by atoms with Crippen LogP contribution < -0.4 is 19.7 Å². The zero-order valence-electron chi connectivity index (χ0n) is 31.5. The number of rotatable bonds is 8. The van der Waals surface area contributed by atoms with Gasteiger partial charge in [0.05, 0.1) is 23.8 Å². The summed E-state index contributed by atoms with van der Waals surface area (Å²) in [4.78, 5) is 17.0. The highest BCUT2D eigenvalue weighted by Crippen LogP contribution is 2.56. The van der Waals surface area contributed by atoms with Crippen molar-refractivity contribution >= 4 is 27.5 Å². The number of hydrogen-bond acceptors (Lipinski definition) is 10. The van der Waals surface area contributed by atoms with Crippen LogP contribution in [0.2, 0.25) is 0 Å². The van der Waals surface area contributed by atoms with Crippen LogP contribution >= 0.6 is 0 Å². The molecule has 0 amide bonds. The number of hydrogen-bond donors (Lipinski definition) is 2. The maximum atomic E-state index is 17.2. The molecule has 0 unspecified atom stereocenters. The first kappa shape index (κ1) is 41.8. The summed E-state index contributed by atoms with van der Waals surface area (Å²) in [5.41, 5.74) is -8.56. The second-order valence-electron chi connectivity index (χ2n) is 15.3. The Kier molecular flexibility index (Phi) is 10.2. The molecule has 2 N–H and O–H groups in total. The Morgan fingerprint density at radius 2 is 1.72 bits per heavy atom. The number of nitrogens with one attached hydrogen (secondary N) is 1. The Morgan fingerprint density at radius 3 is 2.40 bits per heavy atom. The van der Waals surface area contributed by atoms with Gasteiger partial charge in [-0.3, -0.25) is 4.90 Å². The van der Waals surface area contributed by atoms with Crippen LogP contribution in [0, 0.1) is 24.0 Å². The Labute approximate surface area is 334 Å². The number of terminal acetylenes is 1. The highest BCUT2D eigenvalue weighted by Gasteiger charge is 2.85. The number of piperazine rings is 1. The molecule has 10 nitrogen and oxygen atoms in total. The number of anilines is 1. The summed E-state index contributed by atoms with van der Waals surface area (Å²) >= 11 is 0. The molecule has 0 radical (unpaired) electrons. The van der Waals surface area contributed by atoms with Crippen LogP contribution in [0.15, 0.2) is 24.3 Å². The summed E-state index contributed by atoms with van der Waals surface area (Å²) < 4.78 is 172. The molecule has 4 aromatic rings. The number of aromatic hydroxyl groups is 1. The van der Waals surface area contributed by atoms with Gasteiger partial charge in [0.2, 0.25) is 5.88 Å². The van der Waals surface area contributed by atoms with E-state index in [1.54, 1.807) is 0 Å². The van der Waals surface area contributed by atoms with Crippen molar-refractivity contribution < 1.29 is 67.6 Å². The van der Waals surface area contributed by atoms with E-state index in [0.29, 0.717) is 32.4 Å². The molecule has 3 saturated heterocycles. The summed E-state index contributed by atoms with van der Waals surface area (Å²) in [5.74, 6) is 0.218. The van der Waals surface area contributed by atoms with Crippen molar-refractivity contribution in [2.45, 2.75) is 86.8 Å². The lowest BCUT2D eigenvalue weighted by Gasteiger charge is -2.41. The topological polar surface area (TPSA) is 105 Å². The number of pyridine rings is 1. The molecule has 0 saturated carbocycles. The maximum Gasteiger partial charge on any atom is 0.435 e. The zero-order valence-corrected chi connectivity index (χ0v) is 31.5. The van der Waals surface area contributed by atoms with Gasteiger partial charge in [0.1, 0.15) is 47.2 Å². The van der Waals surface area contributed by atoms with Gasteiger partial charge in [0.15, 0.2) is 5.82 Å². The molecule has 8 rings (SSSR count). The van der Waals surface area contributed by atoms with E-state index in [1.807, 2.05) is 11.8 Å². The first-order chi connectivity index (χ1) is 28.2. The minimum Gasteiger partial charge on any atom is -0.508 e. The highest BCUT2D eigenvalue weighted by atomic mass is 19.4. The van der Waals surface area contributed by atoms with Crippen LogP contribution in [0.5, 0.6) is 17.6 Å². The average Bonchev–Trinajstić information content (AvgIpc) is 3.69. The summed E-state index contributed by atoms with van der Waals surface area (Å²) in [5, 5.41) is 14.5. The van der Waals surface area contributed by atoms with E-state index in [4.69, 9.17) is 15.9 Å². The largest absolute Gasteiger partial charge is 0.508 e. The van der Waals surface area contributed by atoms with Crippen molar-refractivity contribution in [1.82, 2.24) is 25.2 Å². The van der Waals surface area contributed by atoms with Crippen LogP contribution in [-0.4, -0.2) is 112 Å². The van der Waals surface area contributed by atoms with Gasteiger partial charge >= 0.3 is 30.1 Å². The molecule has 21 heteroatoms. The summed E-state index contributed by atoms with van der Waals surface area (Å²) in [6.45, 7) is 1.10. The van der Waals surface area contributed by atoms with Crippen LogP contribution in [0.4, 0.5) is 54.1 Å². The van der Waals surface area contributed by atoms with Gasteiger partial charge in [-0.15, -0.1) is 6.42 Å². The molecule has 2 aromatic heterocycles. The number of phenolic OH excluding ortho intramolecular Hbond substituents is 1. The number of aromatic nitrogens is 3. The predicted molar refractivity (Wildman–Crippen MR) is 193 cm³/mol.